The number of nitriles is 2. The van der Waals surface area contributed by atoms with E-state index in [1.165, 1.54) is 0 Å². The van der Waals surface area contributed by atoms with Crippen molar-refractivity contribution in [2.45, 2.75) is 79.1 Å². The highest BCUT2D eigenvalue weighted by molar-refractivity contribution is 9.10. The SMILES string of the molecule is CCCCC(CC)COc1cc(C#Cc2ccc(Br)cc2C#N)c(OCC(CC)CCCC)cc1C#Cc1ccc(Br)cc1C#N. The van der Waals surface area contributed by atoms with Crippen molar-refractivity contribution in [1.29, 1.82) is 10.5 Å². The van der Waals surface area contributed by atoms with E-state index < -0.39 is 0 Å². The standard InChI is InChI=1S/C40H42Br2N2O2/c1-5-9-11-29(7-3)27-45-39-23-34(16-14-32-18-20-38(42)22-36(32)26-44)40(46-28-30(8-4)12-10-6-2)24-33(39)15-13-31-17-19-37(41)21-35(31)25-43/h17-24,29-30H,5-12,27-28H2,1-4H3. The van der Waals surface area contributed by atoms with Crippen molar-refractivity contribution in [3.8, 4) is 47.3 Å². The molecule has 0 N–H and O–H groups in total. The van der Waals surface area contributed by atoms with Gasteiger partial charge in [0.2, 0.25) is 0 Å². The summed E-state index contributed by atoms with van der Waals surface area (Å²) in [6.45, 7) is 9.94. The highest BCUT2D eigenvalue weighted by Crippen LogP contribution is 2.31. The highest BCUT2D eigenvalue weighted by Gasteiger charge is 2.15. The Morgan fingerprint density at radius 1 is 0.565 bits per heavy atom. The van der Waals surface area contributed by atoms with Crippen molar-refractivity contribution in [2.24, 2.45) is 11.8 Å². The van der Waals surface area contributed by atoms with E-state index in [2.05, 4.69) is 95.4 Å². The number of ether oxygens (including phenoxy) is 2. The van der Waals surface area contributed by atoms with Crippen LogP contribution in [-0.2, 0) is 0 Å². The first-order chi connectivity index (χ1) is 22.3. The number of benzene rings is 3. The van der Waals surface area contributed by atoms with E-state index in [-0.39, 0.29) is 0 Å². The third-order valence-corrected chi connectivity index (χ3v) is 8.97. The zero-order chi connectivity index (χ0) is 33.3. The Kier molecular flexibility index (Phi) is 15.8. The lowest BCUT2D eigenvalue weighted by atomic mass is 10.00. The van der Waals surface area contributed by atoms with Crippen LogP contribution in [0.1, 0.15) is 112 Å². The van der Waals surface area contributed by atoms with Gasteiger partial charge in [0.15, 0.2) is 0 Å². The molecule has 0 bridgehead atoms. The monoisotopic (exact) mass is 740 g/mol. The first-order valence-corrected chi connectivity index (χ1v) is 17.8. The second kappa shape index (κ2) is 19.7. The van der Waals surface area contributed by atoms with Gasteiger partial charge in [0, 0.05) is 32.2 Å². The lowest BCUT2D eigenvalue weighted by Crippen LogP contribution is -2.13. The maximum absolute atomic E-state index is 9.71. The summed E-state index contributed by atoms with van der Waals surface area (Å²) in [6.07, 6.45) is 8.85. The van der Waals surface area contributed by atoms with Gasteiger partial charge in [0.1, 0.15) is 23.6 Å². The number of nitrogens with zero attached hydrogens (tertiary/aromatic N) is 2. The van der Waals surface area contributed by atoms with Gasteiger partial charge >= 0.3 is 0 Å². The largest absolute Gasteiger partial charge is 0.492 e. The smallest absolute Gasteiger partial charge is 0.136 e. The van der Waals surface area contributed by atoms with E-state index in [1.54, 1.807) is 12.1 Å². The van der Waals surface area contributed by atoms with Crippen molar-refractivity contribution in [2.75, 3.05) is 13.2 Å². The molecule has 0 saturated carbocycles. The van der Waals surface area contributed by atoms with Gasteiger partial charge in [-0.25, -0.2) is 0 Å². The van der Waals surface area contributed by atoms with Crippen molar-refractivity contribution >= 4 is 31.9 Å². The zero-order valence-electron chi connectivity index (χ0n) is 27.3. The highest BCUT2D eigenvalue weighted by atomic mass is 79.9. The van der Waals surface area contributed by atoms with Crippen molar-refractivity contribution < 1.29 is 9.47 Å². The molecule has 0 fully saturated rings. The summed E-state index contributed by atoms with van der Waals surface area (Å²) >= 11 is 6.89. The molecule has 3 rings (SSSR count). The molecule has 2 unspecified atom stereocenters. The van der Waals surface area contributed by atoms with E-state index in [4.69, 9.17) is 9.47 Å². The molecular formula is C40H42Br2N2O2. The van der Waals surface area contributed by atoms with Crippen LogP contribution < -0.4 is 9.47 Å². The third kappa shape index (κ3) is 11.3. The molecule has 0 heterocycles. The Morgan fingerprint density at radius 3 is 1.30 bits per heavy atom. The van der Waals surface area contributed by atoms with Crippen molar-refractivity contribution in [3.05, 3.63) is 90.9 Å². The molecule has 0 spiro atoms. The lowest BCUT2D eigenvalue weighted by Gasteiger charge is -2.19. The molecule has 238 valence electrons. The van der Waals surface area contributed by atoms with E-state index in [0.717, 1.165) is 60.3 Å². The van der Waals surface area contributed by atoms with Gasteiger partial charge in [-0.3, -0.25) is 0 Å². The van der Waals surface area contributed by atoms with Crippen LogP contribution >= 0.6 is 31.9 Å². The molecule has 0 aliphatic rings. The molecule has 6 heteroatoms. The molecule has 0 aliphatic heterocycles. The van der Waals surface area contributed by atoms with E-state index in [0.29, 0.717) is 69.9 Å². The Morgan fingerprint density at radius 2 is 0.957 bits per heavy atom. The van der Waals surface area contributed by atoms with Gasteiger partial charge in [-0.05, 0) is 61.1 Å². The average molecular weight is 743 g/mol. The number of halogens is 2. The fourth-order valence-electron chi connectivity index (χ4n) is 4.91. The van der Waals surface area contributed by atoms with Gasteiger partial charge in [0.05, 0.1) is 35.5 Å². The van der Waals surface area contributed by atoms with Crippen LogP contribution in [0.2, 0.25) is 0 Å². The maximum atomic E-state index is 9.71. The summed E-state index contributed by atoms with van der Waals surface area (Å²) in [4.78, 5) is 0. The van der Waals surface area contributed by atoms with Crippen LogP contribution in [0.5, 0.6) is 11.5 Å². The van der Waals surface area contributed by atoms with Crippen LogP contribution in [-0.4, -0.2) is 13.2 Å². The summed E-state index contributed by atoms with van der Waals surface area (Å²) in [7, 11) is 0. The van der Waals surface area contributed by atoms with E-state index in [1.807, 2.05) is 36.4 Å². The molecule has 46 heavy (non-hydrogen) atoms. The summed E-state index contributed by atoms with van der Waals surface area (Å²) in [5, 5.41) is 19.4. The second-order valence-corrected chi connectivity index (χ2v) is 13.2. The minimum absolute atomic E-state index is 0.424. The predicted octanol–water partition coefficient (Wildman–Crippen LogP) is 10.9. The van der Waals surface area contributed by atoms with Crippen LogP contribution in [0.4, 0.5) is 0 Å². The fraction of sp³-hybridized carbons (Fsp3) is 0.400. The number of hydrogen-bond donors (Lipinski definition) is 0. The van der Waals surface area contributed by atoms with Crippen LogP contribution in [0, 0.1) is 58.2 Å². The summed E-state index contributed by atoms with van der Waals surface area (Å²) in [5.41, 5.74) is 3.64. The second-order valence-electron chi connectivity index (χ2n) is 11.4. The Balaban J connectivity index is 2.16. The molecule has 0 saturated heterocycles. The van der Waals surface area contributed by atoms with Crippen LogP contribution in [0.15, 0.2) is 57.5 Å². The van der Waals surface area contributed by atoms with Gasteiger partial charge in [-0.2, -0.15) is 10.5 Å². The fourth-order valence-corrected chi connectivity index (χ4v) is 5.63. The number of rotatable bonds is 14. The minimum atomic E-state index is 0.424. The van der Waals surface area contributed by atoms with Crippen molar-refractivity contribution in [3.63, 3.8) is 0 Å². The minimum Gasteiger partial charge on any atom is -0.492 e. The lowest BCUT2D eigenvalue weighted by molar-refractivity contribution is 0.227. The zero-order valence-corrected chi connectivity index (χ0v) is 30.5. The van der Waals surface area contributed by atoms with Crippen LogP contribution in [0.3, 0.4) is 0 Å². The molecular weight excluding hydrogens is 700 g/mol. The third-order valence-electron chi connectivity index (χ3n) is 7.99. The molecule has 2 atom stereocenters. The summed E-state index contributed by atoms with van der Waals surface area (Å²) in [5.74, 6) is 15.1. The quantitative estimate of drug-likeness (QED) is 0.154. The van der Waals surface area contributed by atoms with Gasteiger partial charge in [0.25, 0.3) is 0 Å². The Hall–Kier alpha value is -3.68. The maximum Gasteiger partial charge on any atom is 0.136 e. The Bertz CT molecular complexity index is 1550. The molecule has 3 aromatic carbocycles. The van der Waals surface area contributed by atoms with Gasteiger partial charge < -0.3 is 9.47 Å². The van der Waals surface area contributed by atoms with E-state index >= 15 is 0 Å². The number of hydrogen-bond acceptors (Lipinski definition) is 4. The first kappa shape index (κ1) is 36.8. The topological polar surface area (TPSA) is 66.0 Å². The van der Waals surface area contributed by atoms with Gasteiger partial charge in [-0.15, -0.1) is 0 Å². The molecule has 0 aliphatic carbocycles. The molecule has 0 amide bonds. The average Bonchev–Trinajstić information content (AvgIpc) is 3.07. The summed E-state index contributed by atoms with van der Waals surface area (Å²) in [6, 6.07) is 19.3. The van der Waals surface area contributed by atoms with Crippen molar-refractivity contribution in [1.82, 2.24) is 0 Å². The molecule has 3 aromatic rings. The summed E-state index contributed by atoms with van der Waals surface area (Å²) < 4.78 is 14.7. The van der Waals surface area contributed by atoms with Gasteiger partial charge in [-0.1, -0.05) is 122 Å². The predicted molar refractivity (Wildman–Crippen MR) is 194 cm³/mol. The molecule has 0 aromatic heterocycles. The molecule has 4 nitrogen and oxygen atoms in total. The normalized spacial score (nSPS) is 11.6. The Labute approximate surface area is 292 Å². The first-order valence-electron chi connectivity index (χ1n) is 16.2. The van der Waals surface area contributed by atoms with E-state index in [9.17, 15) is 10.5 Å². The molecule has 0 radical (unpaired) electrons. The number of unbranched alkanes of at least 4 members (excludes halogenated alkanes) is 2. The van der Waals surface area contributed by atoms with Crippen LogP contribution in [0.25, 0.3) is 0 Å².